The topological polar surface area (TPSA) is 0 Å². The van der Waals surface area contributed by atoms with Crippen molar-refractivity contribution >= 4 is 32.2 Å². The van der Waals surface area contributed by atoms with E-state index in [4.69, 9.17) is 0 Å². The second-order valence-electron chi connectivity index (χ2n) is 11.8. The van der Waals surface area contributed by atoms with Crippen molar-refractivity contribution < 1.29 is 0 Å². The summed E-state index contributed by atoms with van der Waals surface area (Å²) in [5, 5.41) is 6.43. The van der Waals surface area contributed by atoms with Gasteiger partial charge in [0.05, 0.1) is 0 Å². The van der Waals surface area contributed by atoms with E-state index in [-0.39, 0.29) is 10.8 Å². The average molecular weight is 493 g/mol. The van der Waals surface area contributed by atoms with Crippen LogP contribution in [0, 0.1) is 0 Å². The van der Waals surface area contributed by atoms with Crippen LogP contribution in [0.1, 0.15) is 49.9 Å². The molecule has 0 radical (unpaired) electrons. The smallest absolute Gasteiger partial charge is 0.0349 e. The SMILES string of the molecule is CC1(C)c2cc(-c3csc4ccccc34)ccc2-c2ccc3c(c21)C(C)(C)c1cccc2cccc-3c12. The van der Waals surface area contributed by atoms with Gasteiger partial charge in [0.1, 0.15) is 0 Å². The van der Waals surface area contributed by atoms with Crippen molar-refractivity contribution in [2.45, 2.75) is 38.5 Å². The molecule has 0 spiro atoms. The van der Waals surface area contributed by atoms with Crippen LogP contribution in [-0.4, -0.2) is 0 Å². The van der Waals surface area contributed by atoms with Crippen molar-refractivity contribution in [3.8, 4) is 33.4 Å². The highest BCUT2D eigenvalue weighted by Crippen LogP contribution is 2.58. The summed E-state index contributed by atoms with van der Waals surface area (Å²) in [6.07, 6.45) is 0. The number of hydrogen-bond acceptors (Lipinski definition) is 1. The predicted octanol–water partition coefficient (Wildman–Crippen LogP) is 10.3. The molecular formula is C36H28S. The highest BCUT2D eigenvalue weighted by atomic mass is 32.1. The van der Waals surface area contributed by atoms with Gasteiger partial charge in [-0.3, -0.25) is 0 Å². The van der Waals surface area contributed by atoms with Crippen molar-refractivity contribution in [2.75, 3.05) is 0 Å². The molecule has 2 aliphatic carbocycles. The normalized spacial score (nSPS) is 16.0. The molecule has 0 aliphatic heterocycles. The zero-order valence-electron chi connectivity index (χ0n) is 21.6. The number of benzene rings is 5. The van der Waals surface area contributed by atoms with Gasteiger partial charge in [0.2, 0.25) is 0 Å². The fourth-order valence-electron chi connectivity index (χ4n) is 7.37. The molecule has 0 fully saturated rings. The van der Waals surface area contributed by atoms with E-state index >= 15 is 0 Å². The van der Waals surface area contributed by atoms with Gasteiger partial charge in [0.25, 0.3) is 0 Å². The van der Waals surface area contributed by atoms with Crippen LogP contribution in [0.4, 0.5) is 0 Å². The largest absolute Gasteiger partial charge is 0.143 e. The van der Waals surface area contributed by atoms with Gasteiger partial charge in [0.15, 0.2) is 0 Å². The third-order valence-corrected chi connectivity index (χ3v) is 10.1. The van der Waals surface area contributed by atoms with Gasteiger partial charge in [-0.1, -0.05) is 107 Å². The quantitative estimate of drug-likeness (QED) is 0.214. The van der Waals surface area contributed by atoms with Gasteiger partial charge < -0.3 is 0 Å². The van der Waals surface area contributed by atoms with Crippen molar-refractivity contribution in [2.24, 2.45) is 0 Å². The Morgan fingerprint density at radius 3 is 2.03 bits per heavy atom. The van der Waals surface area contributed by atoms with Gasteiger partial charge in [0, 0.05) is 26.5 Å². The summed E-state index contributed by atoms with van der Waals surface area (Å²) < 4.78 is 1.35. The lowest BCUT2D eigenvalue weighted by atomic mass is 9.63. The molecule has 0 N–H and O–H groups in total. The Morgan fingerprint density at radius 2 is 1.22 bits per heavy atom. The Kier molecular flexibility index (Phi) is 4.05. The third kappa shape index (κ3) is 2.63. The molecule has 1 heterocycles. The Balaban J connectivity index is 1.40. The molecule has 1 aromatic heterocycles. The van der Waals surface area contributed by atoms with Crippen LogP contribution in [0.25, 0.3) is 54.2 Å². The maximum absolute atomic E-state index is 2.47. The van der Waals surface area contributed by atoms with Crippen LogP contribution in [-0.2, 0) is 10.8 Å². The maximum Gasteiger partial charge on any atom is 0.0349 e. The first-order valence-electron chi connectivity index (χ1n) is 13.2. The Hall–Kier alpha value is -3.68. The van der Waals surface area contributed by atoms with E-state index in [1.165, 1.54) is 76.5 Å². The lowest BCUT2D eigenvalue weighted by Crippen LogP contribution is -2.29. The van der Waals surface area contributed by atoms with Gasteiger partial charge in [-0.05, 0) is 78.4 Å². The molecule has 0 saturated carbocycles. The van der Waals surface area contributed by atoms with Gasteiger partial charge in [-0.15, -0.1) is 11.3 Å². The molecule has 0 amide bonds. The standard InChI is InChI=1S/C36H28S/c1-35(2)29-13-8-10-21-9-7-12-25(32(21)29)27-18-17-26-23-16-15-22(19-30(23)36(3,4)33(26)34(27)35)28-20-37-31-14-6-5-11-24(28)31/h5-20H,1-4H3. The molecule has 178 valence electrons. The molecule has 1 heteroatoms. The lowest BCUT2D eigenvalue weighted by molar-refractivity contribution is 0.591. The van der Waals surface area contributed by atoms with Gasteiger partial charge in [-0.25, -0.2) is 0 Å². The maximum atomic E-state index is 2.47. The zero-order valence-corrected chi connectivity index (χ0v) is 22.5. The Labute approximate surface area is 222 Å². The summed E-state index contributed by atoms with van der Waals surface area (Å²) in [5.41, 5.74) is 14.0. The second-order valence-corrected chi connectivity index (χ2v) is 12.7. The minimum Gasteiger partial charge on any atom is -0.143 e. The first kappa shape index (κ1) is 21.4. The summed E-state index contributed by atoms with van der Waals surface area (Å²) in [6.45, 7) is 9.73. The van der Waals surface area contributed by atoms with E-state index in [1.807, 2.05) is 11.3 Å². The van der Waals surface area contributed by atoms with Crippen LogP contribution in [0.15, 0.2) is 96.4 Å². The number of hydrogen-bond donors (Lipinski definition) is 0. The molecule has 0 saturated heterocycles. The van der Waals surface area contributed by atoms with E-state index < -0.39 is 0 Å². The van der Waals surface area contributed by atoms with E-state index in [0.29, 0.717) is 0 Å². The number of fused-ring (bicyclic) bond motifs is 7. The molecule has 0 bridgehead atoms. The third-order valence-electron chi connectivity index (χ3n) is 9.10. The summed E-state index contributed by atoms with van der Waals surface area (Å²) in [5.74, 6) is 0. The summed E-state index contributed by atoms with van der Waals surface area (Å²) in [7, 11) is 0. The molecule has 37 heavy (non-hydrogen) atoms. The minimum absolute atomic E-state index is 0.0831. The summed E-state index contributed by atoms with van der Waals surface area (Å²) in [4.78, 5) is 0. The van der Waals surface area contributed by atoms with E-state index in [1.54, 1.807) is 0 Å². The van der Waals surface area contributed by atoms with E-state index in [9.17, 15) is 0 Å². The monoisotopic (exact) mass is 492 g/mol. The molecule has 0 atom stereocenters. The number of thiophene rings is 1. The predicted molar refractivity (Wildman–Crippen MR) is 160 cm³/mol. The highest BCUT2D eigenvalue weighted by Gasteiger charge is 2.44. The molecule has 0 nitrogen and oxygen atoms in total. The molecule has 6 aromatic rings. The van der Waals surface area contributed by atoms with Crippen molar-refractivity contribution in [3.63, 3.8) is 0 Å². The Bertz CT molecular complexity index is 1920. The van der Waals surface area contributed by atoms with Gasteiger partial charge >= 0.3 is 0 Å². The minimum atomic E-state index is -0.0880. The number of rotatable bonds is 1. The van der Waals surface area contributed by atoms with Crippen LogP contribution < -0.4 is 0 Å². The van der Waals surface area contributed by atoms with Crippen LogP contribution >= 0.6 is 11.3 Å². The Morgan fingerprint density at radius 1 is 0.541 bits per heavy atom. The first-order valence-corrected chi connectivity index (χ1v) is 14.1. The van der Waals surface area contributed by atoms with Crippen molar-refractivity contribution in [3.05, 3.63) is 119 Å². The second kappa shape index (κ2) is 7.00. The highest BCUT2D eigenvalue weighted by molar-refractivity contribution is 7.17. The molecule has 5 aromatic carbocycles. The fourth-order valence-corrected chi connectivity index (χ4v) is 8.34. The molecular weight excluding hydrogens is 464 g/mol. The molecule has 2 aliphatic rings. The van der Waals surface area contributed by atoms with Crippen LogP contribution in [0.5, 0.6) is 0 Å². The average Bonchev–Trinajstić information content (AvgIpc) is 3.44. The van der Waals surface area contributed by atoms with Crippen LogP contribution in [0.2, 0.25) is 0 Å². The van der Waals surface area contributed by atoms with Crippen LogP contribution in [0.3, 0.4) is 0 Å². The fraction of sp³-hybridized carbons (Fsp3) is 0.167. The molecule has 0 unspecified atom stereocenters. The van der Waals surface area contributed by atoms with Crippen molar-refractivity contribution in [1.29, 1.82) is 0 Å². The molecule has 8 rings (SSSR count). The summed E-state index contributed by atoms with van der Waals surface area (Å²) in [6, 6.07) is 34.4. The summed E-state index contributed by atoms with van der Waals surface area (Å²) >= 11 is 1.84. The van der Waals surface area contributed by atoms with Crippen molar-refractivity contribution in [1.82, 2.24) is 0 Å². The lowest BCUT2D eigenvalue weighted by Gasteiger charge is -2.39. The zero-order chi connectivity index (χ0) is 25.1. The van der Waals surface area contributed by atoms with E-state index in [2.05, 4.69) is 124 Å². The van der Waals surface area contributed by atoms with E-state index in [0.717, 1.165) is 0 Å². The first-order chi connectivity index (χ1) is 17.9. The van der Waals surface area contributed by atoms with Gasteiger partial charge in [-0.2, -0.15) is 0 Å².